The molecule has 1 N–H and O–H groups in total. The Kier molecular flexibility index (Phi) is 3.80. The van der Waals surface area contributed by atoms with Crippen molar-refractivity contribution in [1.29, 1.82) is 0 Å². The number of carbonyl (C=O) groups excluding carboxylic acids is 1. The number of rotatable bonds is 3. The zero-order chi connectivity index (χ0) is 13.9. The molecule has 1 saturated heterocycles. The molecular weight excluding hydrogens is 259 g/mol. The third-order valence-electron chi connectivity index (χ3n) is 3.57. The minimum Gasteiger partial charge on any atom is -0.450 e. The van der Waals surface area contributed by atoms with Crippen LogP contribution in [0.15, 0.2) is 28.7 Å². The molecule has 2 aromatic rings. The van der Waals surface area contributed by atoms with E-state index in [1.54, 1.807) is 18.2 Å². The second-order valence-electron chi connectivity index (χ2n) is 5.07. The van der Waals surface area contributed by atoms with E-state index < -0.39 is 5.82 Å². The lowest BCUT2D eigenvalue weighted by atomic mass is 10.2. The van der Waals surface area contributed by atoms with Gasteiger partial charge in [-0.2, -0.15) is 0 Å². The summed E-state index contributed by atoms with van der Waals surface area (Å²) in [5.74, 6) is -0.287. The first-order chi connectivity index (χ1) is 9.74. The zero-order valence-electron chi connectivity index (χ0n) is 11.2. The maximum Gasteiger partial charge on any atom is 0.211 e. The molecule has 0 spiro atoms. The first-order valence-electron chi connectivity index (χ1n) is 6.88. The quantitative estimate of drug-likeness (QED) is 0.872. The van der Waals surface area contributed by atoms with Crippen molar-refractivity contribution in [1.82, 2.24) is 10.2 Å². The molecule has 0 bridgehead atoms. The predicted octanol–water partition coefficient (Wildman–Crippen LogP) is 2.05. The smallest absolute Gasteiger partial charge is 0.211 e. The number of benzene rings is 1. The van der Waals surface area contributed by atoms with Gasteiger partial charge in [-0.3, -0.25) is 9.69 Å². The van der Waals surface area contributed by atoms with Gasteiger partial charge in [-0.15, -0.1) is 0 Å². The Morgan fingerprint density at radius 3 is 3.10 bits per heavy atom. The normalized spacial score (nSPS) is 17.2. The van der Waals surface area contributed by atoms with Crippen LogP contribution in [0.2, 0.25) is 0 Å². The van der Waals surface area contributed by atoms with Crippen LogP contribution in [0.25, 0.3) is 11.0 Å². The molecule has 106 valence electrons. The molecule has 0 amide bonds. The van der Waals surface area contributed by atoms with Crippen LogP contribution in [0, 0.1) is 5.82 Å². The van der Waals surface area contributed by atoms with Gasteiger partial charge >= 0.3 is 0 Å². The second-order valence-corrected chi connectivity index (χ2v) is 5.07. The molecule has 4 nitrogen and oxygen atoms in total. The fourth-order valence-corrected chi connectivity index (χ4v) is 2.51. The van der Waals surface area contributed by atoms with E-state index in [4.69, 9.17) is 4.42 Å². The summed E-state index contributed by atoms with van der Waals surface area (Å²) >= 11 is 0. The summed E-state index contributed by atoms with van der Waals surface area (Å²) in [7, 11) is 0. The van der Waals surface area contributed by atoms with Gasteiger partial charge in [-0.1, -0.05) is 12.1 Å². The monoisotopic (exact) mass is 276 g/mol. The van der Waals surface area contributed by atoms with Gasteiger partial charge in [0, 0.05) is 18.5 Å². The predicted molar refractivity (Wildman–Crippen MR) is 74.4 cm³/mol. The zero-order valence-corrected chi connectivity index (χ0v) is 11.2. The van der Waals surface area contributed by atoms with Gasteiger partial charge in [0.1, 0.15) is 0 Å². The van der Waals surface area contributed by atoms with Gasteiger partial charge < -0.3 is 9.73 Å². The van der Waals surface area contributed by atoms with E-state index in [0.29, 0.717) is 11.9 Å². The van der Waals surface area contributed by atoms with Gasteiger partial charge in [-0.05, 0) is 31.6 Å². The summed E-state index contributed by atoms with van der Waals surface area (Å²) in [5, 5.41) is 3.92. The molecule has 0 radical (unpaired) electrons. The molecule has 1 fully saturated rings. The van der Waals surface area contributed by atoms with Crippen molar-refractivity contribution in [3.63, 3.8) is 0 Å². The molecule has 5 heteroatoms. The number of Topliss-reactive ketones (excluding diaryl/α,β-unsaturated/α-hetero) is 1. The fraction of sp³-hybridized carbons (Fsp3) is 0.400. The van der Waals surface area contributed by atoms with E-state index in [0.717, 1.165) is 32.6 Å². The number of nitrogens with one attached hydrogen (secondary N) is 1. The number of fused-ring (bicyclic) bond motifs is 1. The summed E-state index contributed by atoms with van der Waals surface area (Å²) < 4.78 is 18.9. The van der Waals surface area contributed by atoms with Crippen molar-refractivity contribution >= 4 is 16.8 Å². The summed E-state index contributed by atoms with van der Waals surface area (Å²) in [6.07, 6.45) is 1.03. The third kappa shape index (κ3) is 2.73. The Bertz CT molecular complexity index is 615. The van der Waals surface area contributed by atoms with Crippen molar-refractivity contribution in [3.8, 4) is 0 Å². The summed E-state index contributed by atoms with van der Waals surface area (Å²) in [4.78, 5) is 14.3. The third-order valence-corrected chi connectivity index (χ3v) is 3.57. The highest BCUT2D eigenvalue weighted by molar-refractivity contribution is 5.98. The number of furan rings is 1. The summed E-state index contributed by atoms with van der Waals surface area (Å²) in [6, 6.07) is 6.31. The van der Waals surface area contributed by atoms with Crippen molar-refractivity contribution in [2.75, 3.05) is 32.7 Å². The average molecular weight is 276 g/mol. The summed E-state index contributed by atoms with van der Waals surface area (Å²) in [6.45, 7) is 3.94. The highest BCUT2D eigenvalue weighted by atomic mass is 19.1. The number of hydrogen-bond acceptors (Lipinski definition) is 4. The standard InChI is InChI=1S/C15H17FN2O2/c16-12-4-1-3-11-9-14(20-15(11)12)13(19)10-18-7-2-5-17-6-8-18/h1,3-4,9,17H,2,5-8,10H2. The maximum atomic E-state index is 13.6. The van der Waals surface area contributed by atoms with Crippen LogP contribution in [0.1, 0.15) is 17.0 Å². The Balaban J connectivity index is 1.76. The second kappa shape index (κ2) is 5.73. The van der Waals surface area contributed by atoms with Gasteiger partial charge in [0.25, 0.3) is 0 Å². The van der Waals surface area contributed by atoms with E-state index in [1.807, 2.05) is 0 Å². The molecular formula is C15H17FN2O2. The first kappa shape index (κ1) is 13.3. The Labute approximate surface area is 116 Å². The van der Waals surface area contributed by atoms with Crippen LogP contribution in [0.4, 0.5) is 4.39 Å². The van der Waals surface area contributed by atoms with Crippen LogP contribution in [0.5, 0.6) is 0 Å². The van der Waals surface area contributed by atoms with E-state index >= 15 is 0 Å². The van der Waals surface area contributed by atoms with Crippen molar-refractivity contribution in [2.24, 2.45) is 0 Å². The SMILES string of the molecule is O=C(CN1CCCNCC1)c1cc2cccc(F)c2o1. The molecule has 20 heavy (non-hydrogen) atoms. The van der Waals surface area contributed by atoms with Crippen molar-refractivity contribution in [3.05, 3.63) is 35.8 Å². The van der Waals surface area contributed by atoms with E-state index in [2.05, 4.69) is 10.2 Å². The fourth-order valence-electron chi connectivity index (χ4n) is 2.51. The number of ketones is 1. The average Bonchev–Trinajstić information content (AvgIpc) is 2.72. The van der Waals surface area contributed by atoms with Crippen LogP contribution in [-0.4, -0.2) is 43.4 Å². The number of para-hydroxylation sites is 1. The van der Waals surface area contributed by atoms with Crippen molar-refractivity contribution in [2.45, 2.75) is 6.42 Å². The van der Waals surface area contributed by atoms with Crippen LogP contribution < -0.4 is 5.32 Å². The van der Waals surface area contributed by atoms with E-state index in [1.165, 1.54) is 6.07 Å². The highest BCUT2D eigenvalue weighted by Gasteiger charge is 2.18. The molecule has 1 aliphatic rings. The van der Waals surface area contributed by atoms with Crippen molar-refractivity contribution < 1.29 is 13.6 Å². The van der Waals surface area contributed by atoms with Crippen LogP contribution >= 0.6 is 0 Å². The molecule has 3 rings (SSSR count). The number of hydrogen-bond donors (Lipinski definition) is 1. The van der Waals surface area contributed by atoms with Gasteiger partial charge in [-0.25, -0.2) is 4.39 Å². The molecule has 1 aromatic heterocycles. The maximum absolute atomic E-state index is 13.6. The highest BCUT2D eigenvalue weighted by Crippen LogP contribution is 2.22. The minimum absolute atomic E-state index is 0.0949. The molecule has 0 unspecified atom stereocenters. The van der Waals surface area contributed by atoms with E-state index in [-0.39, 0.29) is 17.1 Å². The lowest BCUT2D eigenvalue weighted by molar-refractivity contribution is 0.0909. The molecule has 1 aliphatic heterocycles. The molecule has 1 aromatic carbocycles. The molecule has 0 atom stereocenters. The lowest BCUT2D eigenvalue weighted by Gasteiger charge is -2.17. The van der Waals surface area contributed by atoms with Crippen LogP contribution in [-0.2, 0) is 0 Å². The van der Waals surface area contributed by atoms with Gasteiger partial charge in [0.2, 0.25) is 5.78 Å². The van der Waals surface area contributed by atoms with E-state index in [9.17, 15) is 9.18 Å². The van der Waals surface area contributed by atoms with Gasteiger partial charge in [0.15, 0.2) is 17.2 Å². The van der Waals surface area contributed by atoms with Crippen LogP contribution in [0.3, 0.4) is 0 Å². The number of nitrogens with zero attached hydrogens (tertiary/aromatic N) is 1. The lowest BCUT2D eigenvalue weighted by Crippen LogP contribution is -2.33. The largest absolute Gasteiger partial charge is 0.450 e. The Morgan fingerprint density at radius 1 is 1.35 bits per heavy atom. The first-order valence-corrected chi connectivity index (χ1v) is 6.88. The Hall–Kier alpha value is -1.72. The molecule has 0 aliphatic carbocycles. The molecule has 2 heterocycles. The number of carbonyl (C=O) groups is 1. The van der Waals surface area contributed by atoms with Gasteiger partial charge in [0.05, 0.1) is 6.54 Å². The Morgan fingerprint density at radius 2 is 2.25 bits per heavy atom. The number of halogens is 1. The minimum atomic E-state index is -0.430. The molecule has 0 saturated carbocycles. The summed E-state index contributed by atoms with van der Waals surface area (Å²) in [5.41, 5.74) is 0.161. The topological polar surface area (TPSA) is 45.5 Å².